The highest BCUT2D eigenvalue weighted by Gasteiger charge is 2.30. The predicted molar refractivity (Wildman–Crippen MR) is 67.8 cm³/mol. The summed E-state index contributed by atoms with van der Waals surface area (Å²) < 4.78 is 0.583. The first-order chi connectivity index (χ1) is 7.99. The van der Waals surface area contributed by atoms with Gasteiger partial charge in [0.15, 0.2) is 5.78 Å². The second kappa shape index (κ2) is 4.40. The first-order valence-electron chi connectivity index (χ1n) is 4.75. The molecular formula is C10H7IN2O4. The van der Waals surface area contributed by atoms with Gasteiger partial charge < -0.3 is 4.90 Å². The van der Waals surface area contributed by atoms with Crippen LogP contribution in [-0.2, 0) is 9.59 Å². The van der Waals surface area contributed by atoms with E-state index in [9.17, 15) is 19.7 Å². The number of non-ortho nitro benzene ring substituents is 1. The number of carbonyl (C=O) groups excluding carboxylic acids is 2. The topological polar surface area (TPSA) is 80.5 Å². The summed E-state index contributed by atoms with van der Waals surface area (Å²) in [6, 6.07) is 4.20. The first kappa shape index (κ1) is 12.0. The van der Waals surface area contributed by atoms with Crippen LogP contribution in [-0.4, -0.2) is 23.2 Å². The van der Waals surface area contributed by atoms with Crippen LogP contribution in [0.25, 0.3) is 0 Å². The molecule has 6 nitrogen and oxygen atoms in total. The lowest BCUT2D eigenvalue weighted by Crippen LogP contribution is -2.25. The van der Waals surface area contributed by atoms with E-state index in [-0.39, 0.29) is 30.3 Å². The monoisotopic (exact) mass is 346 g/mol. The van der Waals surface area contributed by atoms with Crippen molar-refractivity contribution in [2.75, 3.05) is 11.4 Å². The van der Waals surface area contributed by atoms with Gasteiger partial charge in [0.1, 0.15) is 0 Å². The summed E-state index contributed by atoms with van der Waals surface area (Å²) in [6.45, 7) is 0.0483. The zero-order chi connectivity index (χ0) is 12.6. The van der Waals surface area contributed by atoms with E-state index in [0.29, 0.717) is 9.26 Å². The minimum atomic E-state index is -0.497. The van der Waals surface area contributed by atoms with E-state index in [1.165, 1.54) is 23.1 Å². The molecule has 2 rings (SSSR count). The second-order valence-corrected chi connectivity index (χ2v) is 4.75. The maximum absolute atomic E-state index is 11.5. The predicted octanol–water partition coefficient (Wildman–Crippen LogP) is 1.51. The number of Topliss-reactive ketones (excluding diaryl/α,β-unsaturated/α-hetero) is 1. The normalized spacial score (nSPS) is 15.5. The highest BCUT2D eigenvalue weighted by Crippen LogP contribution is 2.29. The average Bonchev–Trinajstić information content (AvgIpc) is 2.57. The molecule has 1 saturated heterocycles. The third-order valence-electron chi connectivity index (χ3n) is 2.42. The molecule has 0 spiro atoms. The molecule has 0 aliphatic carbocycles. The van der Waals surface area contributed by atoms with Crippen LogP contribution < -0.4 is 4.90 Å². The van der Waals surface area contributed by atoms with Crippen molar-refractivity contribution in [1.29, 1.82) is 0 Å². The van der Waals surface area contributed by atoms with Gasteiger partial charge in [-0.1, -0.05) is 0 Å². The Kier molecular flexibility index (Phi) is 3.09. The van der Waals surface area contributed by atoms with Gasteiger partial charge in [-0.3, -0.25) is 19.7 Å². The highest BCUT2D eigenvalue weighted by molar-refractivity contribution is 14.1. The number of hydrogen-bond donors (Lipinski definition) is 0. The zero-order valence-corrected chi connectivity index (χ0v) is 10.7. The molecule has 1 amide bonds. The van der Waals surface area contributed by atoms with Crippen molar-refractivity contribution >= 4 is 45.7 Å². The summed E-state index contributed by atoms with van der Waals surface area (Å²) in [5.74, 6) is -0.397. The Morgan fingerprint density at radius 1 is 1.35 bits per heavy atom. The molecule has 1 heterocycles. The third-order valence-corrected chi connectivity index (χ3v) is 3.28. The van der Waals surface area contributed by atoms with Crippen LogP contribution in [0, 0.1) is 13.7 Å². The van der Waals surface area contributed by atoms with Crippen LogP contribution in [0.15, 0.2) is 18.2 Å². The lowest BCUT2D eigenvalue weighted by atomic mass is 10.2. The molecular weight excluding hydrogens is 339 g/mol. The molecule has 0 atom stereocenters. The quantitative estimate of drug-likeness (QED) is 0.352. The Morgan fingerprint density at radius 3 is 2.53 bits per heavy atom. The number of nitro benzene ring substituents is 1. The molecule has 0 aromatic heterocycles. The Balaban J connectivity index is 2.37. The second-order valence-electron chi connectivity index (χ2n) is 3.59. The minimum Gasteiger partial charge on any atom is -0.304 e. The molecule has 0 unspecified atom stereocenters. The van der Waals surface area contributed by atoms with Crippen molar-refractivity contribution in [2.45, 2.75) is 6.42 Å². The van der Waals surface area contributed by atoms with Crippen molar-refractivity contribution in [1.82, 2.24) is 0 Å². The number of carbonyl (C=O) groups is 2. The first-order valence-corrected chi connectivity index (χ1v) is 5.83. The molecule has 0 radical (unpaired) electrons. The van der Waals surface area contributed by atoms with Crippen LogP contribution >= 0.6 is 22.6 Å². The Hall–Kier alpha value is -1.51. The smallest absolute Gasteiger partial charge is 0.270 e. The number of benzene rings is 1. The molecule has 1 aromatic carbocycles. The molecule has 0 bridgehead atoms. The van der Waals surface area contributed by atoms with Gasteiger partial charge >= 0.3 is 0 Å². The molecule has 1 fully saturated rings. The lowest BCUT2D eigenvalue weighted by Gasteiger charge is -2.16. The van der Waals surface area contributed by atoms with Crippen LogP contribution in [0.1, 0.15) is 6.42 Å². The summed E-state index contributed by atoms with van der Waals surface area (Å²) in [7, 11) is 0. The summed E-state index contributed by atoms with van der Waals surface area (Å²) in [4.78, 5) is 34.1. The fourth-order valence-electron chi connectivity index (χ4n) is 1.63. The lowest BCUT2D eigenvalue weighted by molar-refractivity contribution is -0.384. The highest BCUT2D eigenvalue weighted by atomic mass is 127. The Bertz CT molecular complexity index is 529. The van der Waals surface area contributed by atoms with Gasteiger partial charge in [-0.15, -0.1) is 0 Å². The molecule has 17 heavy (non-hydrogen) atoms. The van der Waals surface area contributed by atoms with Crippen molar-refractivity contribution < 1.29 is 14.5 Å². The summed E-state index contributed by atoms with van der Waals surface area (Å²) >= 11 is 1.92. The van der Waals surface area contributed by atoms with Gasteiger partial charge in [-0.25, -0.2) is 0 Å². The van der Waals surface area contributed by atoms with Gasteiger partial charge in [-0.05, 0) is 28.7 Å². The Morgan fingerprint density at radius 2 is 2.06 bits per heavy atom. The van der Waals surface area contributed by atoms with E-state index in [0.717, 1.165) is 0 Å². The van der Waals surface area contributed by atoms with Crippen molar-refractivity contribution in [3.8, 4) is 0 Å². The maximum Gasteiger partial charge on any atom is 0.270 e. The Labute approximate surface area is 110 Å². The summed E-state index contributed by atoms with van der Waals surface area (Å²) in [5.41, 5.74) is 0.517. The average molecular weight is 346 g/mol. The summed E-state index contributed by atoms with van der Waals surface area (Å²) in [5, 5.41) is 10.6. The number of amides is 1. The van der Waals surface area contributed by atoms with Gasteiger partial charge in [0, 0.05) is 15.7 Å². The van der Waals surface area contributed by atoms with Crippen LogP contribution in [0.3, 0.4) is 0 Å². The summed E-state index contributed by atoms with van der Waals surface area (Å²) in [6.07, 6.45) is -0.0902. The van der Waals surface area contributed by atoms with E-state index < -0.39 is 4.92 Å². The molecule has 88 valence electrons. The fourth-order valence-corrected chi connectivity index (χ4v) is 2.42. The number of ketones is 1. The molecule has 1 aromatic rings. The van der Waals surface area contributed by atoms with Crippen molar-refractivity contribution in [3.63, 3.8) is 0 Å². The van der Waals surface area contributed by atoms with E-state index >= 15 is 0 Å². The zero-order valence-electron chi connectivity index (χ0n) is 8.55. The van der Waals surface area contributed by atoms with Gasteiger partial charge in [0.2, 0.25) is 5.91 Å². The van der Waals surface area contributed by atoms with E-state index in [2.05, 4.69) is 0 Å². The molecule has 7 heteroatoms. The third kappa shape index (κ3) is 2.28. The van der Waals surface area contributed by atoms with Crippen molar-refractivity contribution in [2.24, 2.45) is 0 Å². The number of nitrogens with zero attached hydrogens (tertiary/aromatic N) is 2. The van der Waals surface area contributed by atoms with Gasteiger partial charge in [0.25, 0.3) is 5.69 Å². The number of halogens is 1. The van der Waals surface area contributed by atoms with E-state index in [1.54, 1.807) is 0 Å². The standard InChI is InChI=1S/C10H7IN2O4/c11-8-3-6(13(16)17)1-2-9(8)12-5-7(14)4-10(12)15/h1-3H,4-5H2. The van der Waals surface area contributed by atoms with Gasteiger partial charge in [-0.2, -0.15) is 0 Å². The molecule has 1 aliphatic heterocycles. The van der Waals surface area contributed by atoms with E-state index in [4.69, 9.17) is 0 Å². The van der Waals surface area contributed by atoms with Gasteiger partial charge in [0.05, 0.1) is 23.6 Å². The molecule has 0 saturated carbocycles. The SMILES string of the molecule is O=C1CC(=O)N(c2ccc([N+](=O)[O-])cc2I)C1. The number of nitro groups is 1. The van der Waals surface area contributed by atoms with Crippen molar-refractivity contribution in [3.05, 3.63) is 31.9 Å². The maximum atomic E-state index is 11.5. The van der Waals surface area contributed by atoms with Crippen LogP contribution in [0.4, 0.5) is 11.4 Å². The number of hydrogen-bond acceptors (Lipinski definition) is 4. The van der Waals surface area contributed by atoms with Crippen LogP contribution in [0.2, 0.25) is 0 Å². The minimum absolute atomic E-state index is 0.0314. The van der Waals surface area contributed by atoms with Crippen LogP contribution in [0.5, 0.6) is 0 Å². The van der Waals surface area contributed by atoms with E-state index in [1.807, 2.05) is 22.6 Å². The largest absolute Gasteiger partial charge is 0.304 e. The number of rotatable bonds is 2. The number of anilines is 1. The molecule has 1 aliphatic rings. The molecule has 0 N–H and O–H groups in total. The fraction of sp³-hybridized carbons (Fsp3) is 0.200.